The van der Waals surface area contributed by atoms with E-state index in [1.165, 1.54) is 20.3 Å². The second-order valence-corrected chi connectivity index (χ2v) is 5.47. The summed E-state index contributed by atoms with van der Waals surface area (Å²) >= 11 is 0. The molecule has 0 radical (unpaired) electrons. The van der Waals surface area contributed by atoms with Crippen molar-refractivity contribution in [2.24, 2.45) is 5.41 Å². The Morgan fingerprint density at radius 1 is 1.29 bits per heavy atom. The Bertz CT molecular complexity index is 502. The number of hydrogen-bond acceptors (Lipinski definition) is 6. The number of aliphatic hydroxyl groups excluding tert-OH is 1. The van der Waals surface area contributed by atoms with Crippen LogP contribution in [-0.2, 0) is 0 Å². The summed E-state index contributed by atoms with van der Waals surface area (Å²) < 4.78 is 10.2. The van der Waals surface area contributed by atoms with E-state index in [1.54, 1.807) is 6.07 Å². The third-order valence-corrected chi connectivity index (χ3v) is 3.24. The third-order valence-electron chi connectivity index (χ3n) is 3.24. The van der Waals surface area contributed by atoms with Gasteiger partial charge in [-0.15, -0.1) is 0 Å². The van der Waals surface area contributed by atoms with E-state index < -0.39 is 4.92 Å². The SMILES string of the molecule is COc1cc(NCC(C)(C)CCO)c([N+](=O)[O-])cc1OC. The molecule has 1 rings (SSSR count). The summed E-state index contributed by atoms with van der Waals surface area (Å²) in [6.07, 6.45) is 0.598. The van der Waals surface area contributed by atoms with Gasteiger partial charge in [0.1, 0.15) is 5.69 Å². The average molecular weight is 298 g/mol. The van der Waals surface area contributed by atoms with Crippen molar-refractivity contribution in [3.05, 3.63) is 22.2 Å². The molecule has 0 atom stereocenters. The van der Waals surface area contributed by atoms with Crippen LogP contribution in [0.2, 0.25) is 0 Å². The maximum absolute atomic E-state index is 11.2. The lowest BCUT2D eigenvalue weighted by Gasteiger charge is -2.24. The molecule has 0 fully saturated rings. The lowest BCUT2D eigenvalue weighted by Crippen LogP contribution is -2.24. The molecule has 7 heteroatoms. The van der Waals surface area contributed by atoms with Crippen molar-refractivity contribution in [1.29, 1.82) is 0 Å². The van der Waals surface area contributed by atoms with E-state index in [4.69, 9.17) is 14.6 Å². The van der Waals surface area contributed by atoms with Crippen molar-refractivity contribution in [2.75, 3.05) is 32.7 Å². The second-order valence-electron chi connectivity index (χ2n) is 5.47. The number of ether oxygens (including phenoxy) is 2. The highest BCUT2D eigenvalue weighted by atomic mass is 16.6. The maximum atomic E-state index is 11.2. The quantitative estimate of drug-likeness (QED) is 0.565. The molecule has 0 aromatic heterocycles. The smallest absolute Gasteiger partial charge is 0.296 e. The number of rotatable bonds is 8. The minimum atomic E-state index is -0.469. The van der Waals surface area contributed by atoms with Crippen LogP contribution >= 0.6 is 0 Å². The van der Waals surface area contributed by atoms with Crippen LogP contribution < -0.4 is 14.8 Å². The number of nitrogens with one attached hydrogen (secondary N) is 1. The fourth-order valence-electron chi connectivity index (χ4n) is 1.89. The Balaban J connectivity index is 3.07. The van der Waals surface area contributed by atoms with Gasteiger partial charge in [-0.1, -0.05) is 13.8 Å². The van der Waals surface area contributed by atoms with Crippen molar-refractivity contribution in [3.63, 3.8) is 0 Å². The summed E-state index contributed by atoms with van der Waals surface area (Å²) in [5.41, 5.74) is 0.103. The normalized spacial score (nSPS) is 11.1. The summed E-state index contributed by atoms with van der Waals surface area (Å²) in [5, 5.41) is 23.2. The molecule has 118 valence electrons. The molecule has 0 saturated carbocycles. The zero-order chi connectivity index (χ0) is 16.0. The van der Waals surface area contributed by atoms with Gasteiger partial charge in [0, 0.05) is 19.2 Å². The molecule has 1 aromatic carbocycles. The molecule has 0 spiro atoms. The first-order chi connectivity index (χ1) is 9.84. The molecule has 7 nitrogen and oxygen atoms in total. The highest BCUT2D eigenvalue weighted by molar-refractivity contribution is 5.68. The van der Waals surface area contributed by atoms with Gasteiger partial charge in [0.15, 0.2) is 11.5 Å². The fourth-order valence-corrected chi connectivity index (χ4v) is 1.89. The third kappa shape index (κ3) is 4.49. The number of benzene rings is 1. The predicted octanol–water partition coefficient (Wildman–Crippen LogP) is 2.43. The van der Waals surface area contributed by atoms with E-state index in [-0.39, 0.29) is 17.7 Å². The maximum Gasteiger partial charge on any atom is 0.296 e. The van der Waals surface area contributed by atoms with Gasteiger partial charge in [0.25, 0.3) is 5.69 Å². The summed E-state index contributed by atoms with van der Waals surface area (Å²) in [7, 11) is 2.90. The van der Waals surface area contributed by atoms with Crippen molar-refractivity contribution in [2.45, 2.75) is 20.3 Å². The van der Waals surface area contributed by atoms with E-state index in [9.17, 15) is 10.1 Å². The lowest BCUT2D eigenvalue weighted by molar-refractivity contribution is -0.384. The van der Waals surface area contributed by atoms with Crippen LogP contribution in [0.5, 0.6) is 11.5 Å². The monoisotopic (exact) mass is 298 g/mol. The Labute approximate surface area is 124 Å². The van der Waals surface area contributed by atoms with E-state index in [0.29, 0.717) is 30.2 Å². The standard InChI is InChI=1S/C14H22N2O5/c1-14(2,5-6-17)9-15-10-7-12(20-3)13(21-4)8-11(10)16(18)19/h7-8,15,17H,5-6,9H2,1-4H3. The number of methoxy groups -OCH3 is 2. The van der Waals surface area contributed by atoms with Crippen LogP contribution in [0.25, 0.3) is 0 Å². The van der Waals surface area contributed by atoms with Gasteiger partial charge < -0.3 is 19.9 Å². The number of aliphatic hydroxyl groups is 1. The lowest BCUT2D eigenvalue weighted by atomic mass is 9.89. The van der Waals surface area contributed by atoms with Crippen molar-refractivity contribution in [1.82, 2.24) is 0 Å². The molecule has 0 aliphatic rings. The van der Waals surface area contributed by atoms with Gasteiger partial charge in [0.2, 0.25) is 0 Å². The number of hydrogen-bond donors (Lipinski definition) is 2. The van der Waals surface area contributed by atoms with E-state index in [1.807, 2.05) is 13.8 Å². The molecular weight excluding hydrogens is 276 g/mol. The van der Waals surface area contributed by atoms with E-state index >= 15 is 0 Å². The molecular formula is C14H22N2O5. The summed E-state index contributed by atoms with van der Waals surface area (Å²) in [4.78, 5) is 10.7. The van der Waals surface area contributed by atoms with Crippen LogP contribution in [-0.4, -0.2) is 37.4 Å². The number of nitro groups is 1. The van der Waals surface area contributed by atoms with E-state index in [0.717, 1.165) is 0 Å². The molecule has 0 aliphatic heterocycles. The molecule has 0 aliphatic carbocycles. The van der Waals surface area contributed by atoms with Crippen LogP contribution in [0.15, 0.2) is 12.1 Å². The van der Waals surface area contributed by atoms with Gasteiger partial charge in [-0.05, 0) is 11.8 Å². The van der Waals surface area contributed by atoms with Crippen LogP contribution in [0.1, 0.15) is 20.3 Å². The Kier molecular flexibility index (Phi) is 5.78. The highest BCUT2D eigenvalue weighted by Crippen LogP contribution is 2.38. The Hall–Kier alpha value is -2.02. The van der Waals surface area contributed by atoms with Crippen molar-refractivity contribution < 1.29 is 19.5 Å². The minimum Gasteiger partial charge on any atom is -0.493 e. The van der Waals surface area contributed by atoms with Crippen molar-refractivity contribution >= 4 is 11.4 Å². The molecule has 0 bridgehead atoms. The molecule has 21 heavy (non-hydrogen) atoms. The van der Waals surface area contributed by atoms with Crippen molar-refractivity contribution in [3.8, 4) is 11.5 Å². The van der Waals surface area contributed by atoms with E-state index in [2.05, 4.69) is 5.32 Å². The highest BCUT2D eigenvalue weighted by Gasteiger charge is 2.22. The topological polar surface area (TPSA) is 93.9 Å². The van der Waals surface area contributed by atoms with Crippen LogP contribution in [0, 0.1) is 15.5 Å². The van der Waals surface area contributed by atoms with Gasteiger partial charge >= 0.3 is 0 Å². The largest absolute Gasteiger partial charge is 0.493 e. The summed E-state index contributed by atoms with van der Waals surface area (Å²) in [5.74, 6) is 0.731. The number of nitrogens with zero attached hydrogens (tertiary/aromatic N) is 1. The number of nitro benzene ring substituents is 1. The molecule has 1 aromatic rings. The first-order valence-electron chi connectivity index (χ1n) is 6.60. The predicted molar refractivity (Wildman–Crippen MR) is 80.2 cm³/mol. The molecule has 0 unspecified atom stereocenters. The van der Waals surface area contributed by atoms with Crippen LogP contribution in [0.3, 0.4) is 0 Å². The first kappa shape index (κ1) is 17.0. The van der Waals surface area contributed by atoms with Gasteiger partial charge in [-0.2, -0.15) is 0 Å². The minimum absolute atomic E-state index is 0.0721. The fraction of sp³-hybridized carbons (Fsp3) is 0.571. The van der Waals surface area contributed by atoms with Crippen LogP contribution in [0.4, 0.5) is 11.4 Å². The average Bonchev–Trinajstić information content (AvgIpc) is 2.43. The number of anilines is 1. The second kappa shape index (κ2) is 7.12. The first-order valence-corrected chi connectivity index (χ1v) is 6.60. The molecule has 2 N–H and O–H groups in total. The summed E-state index contributed by atoms with van der Waals surface area (Å²) in [6, 6.07) is 2.88. The zero-order valence-electron chi connectivity index (χ0n) is 12.8. The summed E-state index contributed by atoms with van der Waals surface area (Å²) in [6.45, 7) is 4.51. The van der Waals surface area contributed by atoms with Gasteiger partial charge in [-0.25, -0.2) is 0 Å². The Morgan fingerprint density at radius 2 is 1.86 bits per heavy atom. The Morgan fingerprint density at radius 3 is 2.33 bits per heavy atom. The molecule has 0 amide bonds. The molecule has 0 heterocycles. The van der Waals surface area contributed by atoms with Gasteiger partial charge in [0.05, 0.1) is 25.2 Å². The zero-order valence-corrected chi connectivity index (χ0v) is 12.8. The van der Waals surface area contributed by atoms with Gasteiger partial charge in [-0.3, -0.25) is 10.1 Å². The molecule has 0 saturated heterocycles.